The number of unbranched alkanes of at least 4 members (excludes halogenated alkanes) is 43. The highest BCUT2D eigenvalue weighted by molar-refractivity contribution is 7.47. The zero-order valence-electron chi connectivity index (χ0n) is 54.3. The van der Waals surface area contributed by atoms with Gasteiger partial charge in [-0.2, -0.15) is 0 Å². The quantitative estimate of drug-likeness (QED) is 0.0211. The molecule has 0 aliphatic carbocycles. The van der Waals surface area contributed by atoms with Gasteiger partial charge in [-0.05, 0) is 51.4 Å². The predicted molar refractivity (Wildman–Crippen MR) is 349 cm³/mol. The van der Waals surface area contributed by atoms with Crippen molar-refractivity contribution in [3.8, 4) is 0 Å². The standard InChI is InChI=1S/C71H134NO8P/c1-6-8-10-12-14-16-18-20-22-24-26-28-29-30-31-32-33-34-35-36-37-38-39-40-41-42-43-44-46-48-50-52-54-56-58-60-62-64-71(74)80-69(68-79-81(75,76)78-66-65-72(3,4)5)67-77-70(73)63-61-59-57-55-53-51-49-47-45-27-25-23-21-19-17-15-13-11-9-7-2/h8,10,14,16,20,22,26,28,69H,6-7,9,11-13,15,17-19,21,23-25,27,29-68H2,1-5H3/p+1/b10-8-,16-14-,22-20-,28-26-. The molecule has 0 rings (SSSR count). The number of allylic oxidation sites excluding steroid dienone is 8. The molecule has 0 bridgehead atoms. The Morgan fingerprint density at radius 2 is 0.704 bits per heavy atom. The van der Waals surface area contributed by atoms with Gasteiger partial charge in [-0.15, -0.1) is 0 Å². The van der Waals surface area contributed by atoms with Crippen molar-refractivity contribution in [3.05, 3.63) is 48.6 Å². The molecule has 2 unspecified atom stereocenters. The Morgan fingerprint density at radius 1 is 0.395 bits per heavy atom. The first-order valence-corrected chi connectivity index (χ1v) is 36.4. The van der Waals surface area contributed by atoms with Gasteiger partial charge in [0.1, 0.15) is 19.8 Å². The number of phosphoric ester groups is 1. The van der Waals surface area contributed by atoms with Crippen LogP contribution in [0.25, 0.3) is 0 Å². The minimum absolute atomic E-state index is 0.0351. The number of esters is 2. The van der Waals surface area contributed by atoms with E-state index in [0.29, 0.717) is 23.9 Å². The van der Waals surface area contributed by atoms with Gasteiger partial charge in [0.05, 0.1) is 27.7 Å². The van der Waals surface area contributed by atoms with E-state index in [1.165, 1.54) is 250 Å². The molecule has 9 nitrogen and oxygen atoms in total. The molecule has 0 amide bonds. The van der Waals surface area contributed by atoms with E-state index in [0.717, 1.165) is 57.8 Å². The van der Waals surface area contributed by atoms with Crippen molar-refractivity contribution in [2.45, 2.75) is 347 Å². The normalized spacial score (nSPS) is 13.4. The third kappa shape index (κ3) is 67.0. The van der Waals surface area contributed by atoms with Crippen LogP contribution in [0.15, 0.2) is 48.6 Å². The second-order valence-electron chi connectivity index (χ2n) is 24.9. The van der Waals surface area contributed by atoms with Crippen molar-refractivity contribution in [1.82, 2.24) is 0 Å². The Labute approximate surface area is 503 Å². The van der Waals surface area contributed by atoms with Crippen LogP contribution < -0.4 is 0 Å². The first-order chi connectivity index (χ1) is 39.5. The molecule has 2 atom stereocenters. The maximum atomic E-state index is 12.9. The van der Waals surface area contributed by atoms with E-state index < -0.39 is 26.5 Å². The van der Waals surface area contributed by atoms with Gasteiger partial charge in [0.15, 0.2) is 6.10 Å². The lowest BCUT2D eigenvalue weighted by Crippen LogP contribution is -2.37. The Morgan fingerprint density at radius 3 is 1.05 bits per heavy atom. The fourth-order valence-electron chi connectivity index (χ4n) is 10.3. The second-order valence-corrected chi connectivity index (χ2v) is 26.4. The van der Waals surface area contributed by atoms with E-state index in [2.05, 4.69) is 62.5 Å². The van der Waals surface area contributed by atoms with Crippen LogP contribution in [0.1, 0.15) is 341 Å². The third-order valence-electron chi connectivity index (χ3n) is 15.6. The average Bonchev–Trinajstić information content (AvgIpc) is 3.43. The first kappa shape index (κ1) is 79.0. The van der Waals surface area contributed by atoms with Crippen LogP contribution in [0.5, 0.6) is 0 Å². The van der Waals surface area contributed by atoms with Gasteiger partial charge in [-0.1, -0.05) is 326 Å². The van der Waals surface area contributed by atoms with Crippen molar-refractivity contribution in [3.63, 3.8) is 0 Å². The van der Waals surface area contributed by atoms with Gasteiger partial charge in [0, 0.05) is 12.8 Å². The Kier molecular flexibility index (Phi) is 60.9. The van der Waals surface area contributed by atoms with Crippen LogP contribution in [0, 0.1) is 0 Å². The highest BCUT2D eigenvalue weighted by atomic mass is 31.2. The molecule has 0 heterocycles. The Bertz CT molecular complexity index is 1510. The van der Waals surface area contributed by atoms with Crippen molar-refractivity contribution in [2.24, 2.45) is 0 Å². The van der Waals surface area contributed by atoms with Gasteiger partial charge in [-0.25, -0.2) is 4.57 Å². The molecule has 476 valence electrons. The number of quaternary nitrogens is 1. The summed E-state index contributed by atoms with van der Waals surface area (Å²) in [6.45, 7) is 4.39. The SMILES string of the molecule is CC/C=C\C/C=C\C/C=C\C/C=C\CCCCCCCCCCCCCCCCCCCCCCCCCCC(=O)OC(COC(=O)CCCCCCCCCCCCCCCCCCCCCC)COP(=O)(O)OCC[N+](C)(C)C. The number of phosphoric acid groups is 1. The lowest BCUT2D eigenvalue weighted by Gasteiger charge is -2.24. The van der Waals surface area contributed by atoms with Crippen LogP contribution in [0.4, 0.5) is 0 Å². The maximum absolute atomic E-state index is 12.9. The molecule has 1 N–H and O–H groups in total. The van der Waals surface area contributed by atoms with Gasteiger partial charge in [0.25, 0.3) is 0 Å². The average molecular weight is 1160 g/mol. The largest absolute Gasteiger partial charge is 0.472 e. The molecular weight excluding hydrogens is 1030 g/mol. The summed E-state index contributed by atoms with van der Waals surface area (Å²) >= 11 is 0. The molecular formula is C71H135NO8P+. The minimum Gasteiger partial charge on any atom is -0.462 e. The Hall–Kier alpha value is -2.03. The highest BCUT2D eigenvalue weighted by Gasteiger charge is 2.27. The minimum atomic E-state index is -4.39. The van der Waals surface area contributed by atoms with E-state index in [-0.39, 0.29) is 25.6 Å². The molecule has 0 radical (unpaired) electrons. The molecule has 0 aromatic carbocycles. The van der Waals surface area contributed by atoms with Crippen molar-refractivity contribution in [2.75, 3.05) is 47.5 Å². The number of nitrogens with zero attached hydrogens (tertiary/aromatic N) is 1. The number of rotatable bonds is 65. The van der Waals surface area contributed by atoms with Gasteiger partial charge in [0.2, 0.25) is 0 Å². The fourth-order valence-corrected chi connectivity index (χ4v) is 11.0. The summed E-state index contributed by atoms with van der Waals surface area (Å²) in [7, 11) is 1.50. The molecule has 81 heavy (non-hydrogen) atoms. The molecule has 0 saturated heterocycles. The summed E-state index contributed by atoms with van der Waals surface area (Å²) < 4.78 is 34.7. The number of hydrogen-bond acceptors (Lipinski definition) is 7. The van der Waals surface area contributed by atoms with E-state index in [1.54, 1.807) is 0 Å². The van der Waals surface area contributed by atoms with Crippen LogP contribution >= 0.6 is 7.82 Å². The lowest BCUT2D eigenvalue weighted by molar-refractivity contribution is -0.870. The summed E-state index contributed by atoms with van der Waals surface area (Å²) in [5, 5.41) is 0. The van der Waals surface area contributed by atoms with Crippen LogP contribution in [-0.2, 0) is 32.7 Å². The molecule has 0 aliphatic rings. The third-order valence-corrected chi connectivity index (χ3v) is 16.6. The summed E-state index contributed by atoms with van der Waals surface area (Å²) in [6.07, 6.45) is 80.8. The predicted octanol–water partition coefficient (Wildman–Crippen LogP) is 22.4. The number of ether oxygens (including phenoxy) is 2. The van der Waals surface area contributed by atoms with E-state index in [1.807, 2.05) is 21.1 Å². The summed E-state index contributed by atoms with van der Waals surface area (Å²) in [5.74, 6) is -0.775. The monoisotopic (exact) mass is 1160 g/mol. The van der Waals surface area contributed by atoms with Gasteiger partial charge in [-0.3, -0.25) is 18.6 Å². The number of hydrogen-bond donors (Lipinski definition) is 1. The summed E-state index contributed by atoms with van der Waals surface area (Å²) in [5.41, 5.74) is 0. The zero-order valence-corrected chi connectivity index (χ0v) is 55.2. The molecule has 0 saturated carbocycles. The van der Waals surface area contributed by atoms with Crippen LogP contribution in [0.2, 0.25) is 0 Å². The maximum Gasteiger partial charge on any atom is 0.472 e. The fraction of sp³-hybridized carbons (Fsp3) is 0.859. The highest BCUT2D eigenvalue weighted by Crippen LogP contribution is 2.43. The number of carbonyl (C=O) groups excluding carboxylic acids is 2. The van der Waals surface area contributed by atoms with Crippen molar-refractivity contribution in [1.29, 1.82) is 0 Å². The van der Waals surface area contributed by atoms with E-state index in [4.69, 9.17) is 18.5 Å². The first-order valence-electron chi connectivity index (χ1n) is 34.9. The van der Waals surface area contributed by atoms with Gasteiger partial charge < -0.3 is 18.9 Å². The Balaban J connectivity index is 3.93. The van der Waals surface area contributed by atoms with E-state index in [9.17, 15) is 19.0 Å². The molecule has 0 spiro atoms. The lowest BCUT2D eigenvalue weighted by atomic mass is 10.0. The smallest absolute Gasteiger partial charge is 0.462 e. The zero-order chi connectivity index (χ0) is 59.1. The summed E-state index contributed by atoms with van der Waals surface area (Å²) in [6, 6.07) is 0. The second kappa shape index (κ2) is 62.5. The molecule has 0 aliphatic heterocycles. The molecule has 0 fully saturated rings. The van der Waals surface area contributed by atoms with Crippen LogP contribution in [-0.4, -0.2) is 74.9 Å². The van der Waals surface area contributed by atoms with Crippen molar-refractivity contribution >= 4 is 19.8 Å². The van der Waals surface area contributed by atoms with Crippen LogP contribution in [0.3, 0.4) is 0 Å². The van der Waals surface area contributed by atoms with E-state index >= 15 is 0 Å². The van der Waals surface area contributed by atoms with Crippen molar-refractivity contribution < 1.29 is 42.1 Å². The summed E-state index contributed by atoms with van der Waals surface area (Å²) in [4.78, 5) is 35.8. The number of likely N-dealkylation sites (N-methyl/N-ethyl adjacent to an activating group) is 1. The molecule has 0 aromatic rings. The molecule has 0 aromatic heterocycles. The molecule has 10 heteroatoms. The number of carbonyl (C=O) groups is 2. The topological polar surface area (TPSA) is 108 Å². The van der Waals surface area contributed by atoms with Gasteiger partial charge >= 0.3 is 19.8 Å².